The number of aromatic nitrogens is 1. The molecule has 0 amide bonds. The smallest absolute Gasteiger partial charge is 0.214 e. The minimum atomic E-state index is 0.550. The molecule has 1 atom stereocenters. The largest absolute Gasteiger partial charge is 0.444 e. The van der Waals surface area contributed by atoms with E-state index >= 15 is 0 Å². The lowest BCUT2D eigenvalue weighted by Crippen LogP contribution is -2.49. The Bertz CT molecular complexity index is 518. The zero-order chi connectivity index (χ0) is 17.5. The van der Waals surface area contributed by atoms with Gasteiger partial charge in [0, 0.05) is 26.2 Å². The van der Waals surface area contributed by atoms with E-state index in [4.69, 9.17) is 4.42 Å². The van der Waals surface area contributed by atoms with Gasteiger partial charge in [0.15, 0.2) is 5.96 Å². The van der Waals surface area contributed by atoms with Gasteiger partial charge in [0.1, 0.15) is 5.76 Å². The molecule has 24 heavy (non-hydrogen) atoms. The Labute approximate surface area is 146 Å². The number of likely N-dealkylation sites (tertiary alicyclic amines) is 1. The average Bonchev–Trinajstić information content (AvgIpc) is 2.87. The highest BCUT2D eigenvalue weighted by Crippen LogP contribution is 2.17. The number of aryl methyl sites for hydroxylation is 2. The topological polar surface area (TPSA) is 65.7 Å². The van der Waals surface area contributed by atoms with Gasteiger partial charge in [-0.05, 0) is 39.2 Å². The van der Waals surface area contributed by atoms with Gasteiger partial charge in [-0.3, -0.25) is 9.89 Å². The van der Waals surface area contributed by atoms with E-state index in [9.17, 15) is 0 Å². The van der Waals surface area contributed by atoms with Crippen LogP contribution in [0.4, 0.5) is 0 Å². The Hall–Kier alpha value is -1.56. The molecule has 0 aliphatic carbocycles. The molecule has 6 nitrogen and oxygen atoms in total. The lowest BCUT2D eigenvalue weighted by atomic mass is 10.0. The molecular formula is C18H33N5O. The summed E-state index contributed by atoms with van der Waals surface area (Å²) >= 11 is 0. The van der Waals surface area contributed by atoms with Crippen molar-refractivity contribution in [3.8, 4) is 0 Å². The second-order valence-corrected chi connectivity index (χ2v) is 7.09. The first-order valence-corrected chi connectivity index (χ1v) is 9.11. The third-order valence-corrected chi connectivity index (χ3v) is 4.56. The van der Waals surface area contributed by atoms with Crippen molar-refractivity contribution in [2.75, 3.05) is 26.7 Å². The molecular weight excluding hydrogens is 302 g/mol. The molecule has 1 aliphatic rings. The first-order valence-electron chi connectivity index (χ1n) is 9.11. The number of nitrogens with one attached hydrogen (secondary N) is 2. The number of nitrogens with zero attached hydrogens (tertiary/aromatic N) is 3. The van der Waals surface area contributed by atoms with Crippen LogP contribution in [0.2, 0.25) is 0 Å². The van der Waals surface area contributed by atoms with Crippen molar-refractivity contribution >= 4 is 5.96 Å². The molecule has 0 bridgehead atoms. The fourth-order valence-electron chi connectivity index (χ4n) is 3.21. The van der Waals surface area contributed by atoms with Crippen LogP contribution in [0.5, 0.6) is 0 Å². The summed E-state index contributed by atoms with van der Waals surface area (Å²) in [5.74, 6) is 3.09. The third kappa shape index (κ3) is 5.51. The lowest BCUT2D eigenvalue weighted by Gasteiger charge is -2.37. The van der Waals surface area contributed by atoms with Gasteiger partial charge in [-0.1, -0.05) is 20.3 Å². The van der Waals surface area contributed by atoms with Crippen LogP contribution in [0.3, 0.4) is 0 Å². The summed E-state index contributed by atoms with van der Waals surface area (Å²) in [6, 6.07) is 0.589. The van der Waals surface area contributed by atoms with Crippen LogP contribution in [0.1, 0.15) is 50.5 Å². The molecule has 1 aromatic heterocycles. The minimum absolute atomic E-state index is 0.550. The SMILES string of the molecule is CN=C(NCc1nc(C)c(C)o1)NCC1CCCCN1CC(C)C. The van der Waals surface area contributed by atoms with Crippen molar-refractivity contribution in [2.45, 2.75) is 59.5 Å². The van der Waals surface area contributed by atoms with Gasteiger partial charge in [0.2, 0.25) is 5.89 Å². The zero-order valence-electron chi connectivity index (χ0n) is 15.9. The van der Waals surface area contributed by atoms with Gasteiger partial charge < -0.3 is 15.1 Å². The number of hydrogen-bond donors (Lipinski definition) is 2. The number of oxazole rings is 1. The Morgan fingerprint density at radius 1 is 1.33 bits per heavy atom. The molecule has 1 aromatic rings. The van der Waals surface area contributed by atoms with E-state index in [2.05, 4.69) is 39.4 Å². The van der Waals surface area contributed by atoms with Gasteiger partial charge in [0.25, 0.3) is 0 Å². The molecule has 0 saturated carbocycles. The van der Waals surface area contributed by atoms with Crippen LogP contribution in [0.25, 0.3) is 0 Å². The summed E-state index contributed by atoms with van der Waals surface area (Å²) in [6.45, 7) is 12.3. The average molecular weight is 335 g/mol. The predicted octanol–water partition coefficient (Wildman–Crippen LogP) is 2.47. The van der Waals surface area contributed by atoms with E-state index in [1.54, 1.807) is 7.05 Å². The summed E-state index contributed by atoms with van der Waals surface area (Å²) in [6.07, 6.45) is 3.90. The van der Waals surface area contributed by atoms with Gasteiger partial charge in [0.05, 0.1) is 12.2 Å². The van der Waals surface area contributed by atoms with Crippen molar-refractivity contribution in [1.29, 1.82) is 0 Å². The number of hydrogen-bond acceptors (Lipinski definition) is 4. The Morgan fingerprint density at radius 3 is 2.75 bits per heavy atom. The fourth-order valence-corrected chi connectivity index (χ4v) is 3.21. The van der Waals surface area contributed by atoms with Crippen LogP contribution in [0.15, 0.2) is 9.41 Å². The Morgan fingerprint density at radius 2 is 2.12 bits per heavy atom. The number of rotatable bonds is 6. The number of aliphatic imine (C=N–C) groups is 1. The standard InChI is InChI=1S/C18H33N5O/c1-13(2)12-23-9-7-6-8-16(23)10-20-18(19-5)21-11-17-22-14(3)15(4)24-17/h13,16H,6-12H2,1-5H3,(H2,19,20,21). The van der Waals surface area contributed by atoms with Crippen molar-refractivity contribution in [3.63, 3.8) is 0 Å². The normalized spacial score (nSPS) is 19.8. The maximum absolute atomic E-state index is 5.60. The van der Waals surface area contributed by atoms with Crippen LogP contribution in [-0.4, -0.2) is 48.6 Å². The van der Waals surface area contributed by atoms with Gasteiger partial charge in [-0.25, -0.2) is 4.98 Å². The van der Waals surface area contributed by atoms with Crippen molar-refractivity contribution in [3.05, 3.63) is 17.3 Å². The van der Waals surface area contributed by atoms with Crippen molar-refractivity contribution in [2.24, 2.45) is 10.9 Å². The monoisotopic (exact) mass is 335 g/mol. The quantitative estimate of drug-likeness (QED) is 0.617. The van der Waals surface area contributed by atoms with Gasteiger partial charge in [-0.15, -0.1) is 0 Å². The minimum Gasteiger partial charge on any atom is -0.444 e. The maximum atomic E-state index is 5.60. The molecule has 1 fully saturated rings. The molecule has 0 radical (unpaired) electrons. The van der Waals surface area contributed by atoms with E-state index < -0.39 is 0 Å². The second kappa shape index (κ2) is 9.06. The molecule has 1 unspecified atom stereocenters. The maximum Gasteiger partial charge on any atom is 0.214 e. The van der Waals surface area contributed by atoms with Crippen LogP contribution in [-0.2, 0) is 6.54 Å². The van der Waals surface area contributed by atoms with Crippen molar-refractivity contribution in [1.82, 2.24) is 20.5 Å². The Balaban J connectivity index is 1.81. The highest BCUT2D eigenvalue weighted by Gasteiger charge is 2.22. The molecule has 0 spiro atoms. The predicted molar refractivity (Wildman–Crippen MR) is 98.2 cm³/mol. The third-order valence-electron chi connectivity index (χ3n) is 4.56. The second-order valence-electron chi connectivity index (χ2n) is 7.09. The molecule has 136 valence electrons. The molecule has 0 aromatic carbocycles. The molecule has 1 aliphatic heterocycles. The highest BCUT2D eigenvalue weighted by molar-refractivity contribution is 5.79. The number of guanidine groups is 1. The molecule has 2 rings (SSSR count). The summed E-state index contributed by atoms with van der Waals surface area (Å²) in [7, 11) is 1.80. The van der Waals surface area contributed by atoms with E-state index in [1.165, 1.54) is 32.4 Å². The fraction of sp³-hybridized carbons (Fsp3) is 0.778. The first kappa shape index (κ1) is 18.8. The lowest BCUT2D eigenvalue weighted by molar-refractivity contribution is 0.133. The molecule has 1 saturated heterocycles. The van der Waals surface area contributed by atoms with E-state index in [-0.39, 0.29) is 0 Å². The molecule has 2 N–H and O–H groups in total. The van der Waals surface area contributed by atoms with Crippen LogP contribution >= 0.6 is 0 Å². The number of piperidine rings is 1. The zero-order valence-corrected chi connectivity index (χ0v) is 15.9. The molecule has 6 heteroatoms. The van der Waals surface area contributed by atoms with Gasteiger partial charge >= 0.3 is 0 Å². The summed E-state index contributed by atoms with van der Waals surface area (Å²) in [5, 5.41) is 6.75. The highest BCUT2D eigenvalue weighted by atomic mass is 16.4. The Kier molecular flexibility index (Phi) is 7.09. The summed E-state index contributed by atoms with van der Waals surface area (Å²) in [5.41, 5.74) is 0.946. The van der Waals surface area contributed by atoms with Crippen LogP contribution in [0, 0.1) is 19.8 Å². The van der Waals surface area contributed by atoms with Gasteiger partial charge in [-0.2, -0.15) is 0 Å². The first-order chi connectivity index (χ1) is 11.5. The summed E-state index contributed by atoms with van der Waals surface area (Å²) in [4.78, 5) is 11.3. The van der Waals surface area contributed by atoms with E-state index in [0.717, 1.165) is 24.0 Å². The molecule has 2 heterocycles. The van der Waals surface area contributed by atoms with Crippen molar-refractivity contribution < 1.29 is 4.42 Å². The van der Waals surface area contributed by atoms with E-state index in [1.807, 2.05) is 13.8 Å². The van der Waals surface area contributed by atoms with Crippen LogP contribution < -0.4 is 10.6 Å². The van der Waals surface area contributed by atoms with E-state index in [0.29, 0.717) is 24.4 Å². The summed E-state index contributed by atoms with van der Waals surface area (Å²) < 4.78 is 5.60.